The zero-order valence-electron chi connectivity index (χ0n) is 10.3. The predicted molar refractivity (Wildman–Crippen MR) is 69.3 cm³/mol. The molecule has 0 spiro atoms. The van der Waals surface area contributed by atoms with Crippen LogP contribution in [0, 0.1) is 0 Å². The molecule has 1 saturated carbocycles. The summed E-state index contributed by atoms with van der Waals surface area (Å²) in [7, 11) is 1.82. The van der Waals surface area contributed by atoms with Crippen LogP contribution in [-0.2, 0) is 12.5 Å². The Hall–Kier alpha value is -2.10. The van der Waals surface area contributed by atoms with Gasteiger partial charge in [-0.2, -0.15) is 5.10 Å². The summed E-state index contributed by atoms with van der Waals surface area (Å²) < 4.78 is 1.66. The maximum absolute atomic E-state index is 12.5. The van der Waals surface area contributed by atoms with Crippen LogP contribution in [0.25, 0.3) is 0 Å². The fraction of sp³-hybridized carbons (Fsp3) is 0.286. The molecule has 4 heteroatoms. The summed E-state index contributed by atoms with van der Waals surface area (Å²) in [5.41, 5.74) is 7.82. The van der Waals surface area contributed by atoms with E-state index in [0.29, 0.717) is 5.56 Å². The molecule has 0 radical (unpaired) electrons. The molecule has 1 heterocycles. The van der Waals surface area contributed by atoms with E-state index in [1.807, 2.05) is 31.3 Å². The maximum Gasteiger partial charge on any atom is 0.176 e. The summed E-state index contributed by atoms with van der Waals surface area (Å²) in [6.45, 7) is 0. The van der Waals surface area contributed by atoms with Crippen molar-refractivity contribution in [1.29, 1.82) is 0 Å². The molecule has 1 aliphatic rings. The van der Waals surface area contributed by atoms with Crippen LogP contribution >= 0.6 is 0 Å². The largest absolute Gasteiger partial charge is 0.399 e. The first-order valence-electron chi connectivity index (χ1n) is 6.01. The number of Topliss-reactive ketones (excluding diaryl/α,β-unsaturated/α-hetero) is 1. The number of nitrogens with two attached hydrogens (primary N) is 1. The van der Waals surface area contributed by atoms with Crippen LogP contribution in [0.3, 0.4) is 0 Å². The van der Waals surface area contributed by atoms with Gasteiger partial charge in [0.2, 0.25) is 0 Å². The molecule has 2 N–H and O–H groups in total. The van der Waals surface area contributed by atoms with E-state index >= 15 is 0 Å². The number of hydrogen-bond acceptors (Lipinski definition) is 3. The van der Waals surface area contributed by atoms with E-state index in [-0.39, 0.29) is 11.2 Å². The Morgan fingerprint density at radius 2 is 2.00 bits per heavy atom. The molecular weight excluding hydrogens is 226 g/mol. The summed E-state index contributed by atoms with van der Waals surface area (Å²) in [5, 5.41) is 4.06. The van der Waals surface area contributed by atoms with Gasteiger partial charge in [-0.1, -0.05) is 12.1 Å². The highest BCUT2D eigenvalue weighted by molar-refractivity contribution is 6.05. The van der Waals surface area contributed by atoms with Crippen LogP contribution in [0.4, 0.5) is 5.69 Å². The zero-order chi connectivity index (χ0) is 12.8. The minimum atomic E-state index is -0.337. The van der Waals surface area contributed by atoms with Gasteiger partial charge in [0.15, 0.2) is 5.78 Å². The Balaban J connectivity index is 1.96. The van der Waals surface area contributed by atoms with Crippen LogP contribution < -0.4 is 5.73 Å². The third-order valence-corrected chi connectivity index (χ3v) is 3.61. The molecule has 0 unspecified atom stereocenters. The number of hydrogen-bond donors (Lipinski definition) is 1. The number of aromatic nitrogens is 2. The van der Waals surface area contributed by atoms with E-state index in [1.54, 1.807) is 17.1 Å². The predicted octanol–water partition coefficient (Wildman–Crippen LogP) is 1.92. The van der Waals surface area contributed by atoms with Crippen molar-refractivity contribution >= 4 is 11.5 Å². The second-order valence-electron chi connectivity index (χ2n) is 4.94. The number of nitrogens with zero attached hydrogens (tertiary/aromatic N) is 2. The molecule has 0 amide bonds. The van der Waals surface area contributed by atoms with Crippen LogP contribution in [0.1, 0.15) is 28.8 Å². The van der Waals surface area contributed by atoms with Crippen LogP contribution in [-0.4, -0.2) is 15.6 Å². The lowest BCUT2D eigenvalue weighted by molar-refractivity contribution is 0.0946. The first kappa shape index (κ1) is 11.0. The summed E-state index contributed by atoms with van der Waals surface area (Å²) in [4.78, 5) is 12.5. The molecule has 0 atom stereocenters. The van der Waals surface area contributed by atoms with Gasteiger partial charge >= 0.3 is 0 Å². The molecule has 0 saturated heterocycles. The van der Waals surface area contributed by atoms with Crippen LogP contribution in [0.5, 0.6) is 0 Å². The topological polar surface area (TPSA) is 60.9 Å². The van der Waals surface area contributed by atoms with Gasteiger partial charge in [-0.15, -0.1) is 0 Å². The van der Waals surface area contributed by atoms with Crippen molar-refractivity contribution in [2.24, 2.45) is 7.05 Å². The number of rotatable bonds is 3. The maximum atomic E-state index is 12.5. The van der Waals surface area contributed by atoms with E-state index in [0.717, 1.165) is 24.1 Å². The molecule has 92 valence electrons. The summed E-state index contributed by atoms with van der Waals surface area (Å²) in [5.74, 6) is 0.167. The molecule has 0 bridgehead atoms. The van der Waals surface area contributed by atoms with E-state index in [1.165, 1.54) is 0 Å². The SMILES string of the molecule is Cn1cc(C(=O)C2(c3ccc(N)cc3)CC2)cn1. The highest BCUT2D eigenvalue weighted by Gasteiger charge is 2.51. The Labute approximate surface area is 105 Å². The molecule has 4 nitrogen and oxygen atoms in total. The molecular formula is C14H15N3O. The summed E-state index contributed by atoms with van der Waals surface area (Å²) in [6, 6.07) is 7.62. The van der Waals surface area contributed by atoms with Crippen LogP contribution in [0.2, 0.25) is 0 Å². The molecule has 3 rings (SSSR count). The van der Waals surface area contributed by atoms with E-state index < -0.39 is 0 Å². The second kappa shape index (κ2) is 3.70. The van der Waals surface area contributed by atoms with Crippen molar-refractivity contribution in [1.82, 2.24) is 9.78 Å². The smallest absolute Gasteiger partial charge is 0.176 e. The van der Waals surface area contributed by atoms with Gasteiger partial charge in [0, 0.05) is 18.9 Å². The highest BCUT2D eigenvalue weighted by atomic mass is 16.1. The van der Waals surface area contributed by atoms with Crippen molar-refractivity contribution in [2.45, 2.75) is 18.3 Å². The van der Waals surface area contributed by atoms with Gasteiger partial charge in [0.05, 0.1) is 17.2 Å². The first-order chi connectivity index (χ1) is 8.62. The van der Waals surface area contributed by atoms with Gasteiger partial charge in [-0.25, -0.2) is 0 Å². The lowest BCUT2D eigenvalue weighted by Gasteiger charge is -2.13. The van der Waals surface area contributed by atoms with E-state index in [4.69, 9.17) is 5.73 Å². The van der Waals surface area contributed by atoms with Crippen molar-refractivity contribution in [3.8, 4) is 0 Å². The minimum Gasteiger partial charge on any atom is -0.399 e. The molecule has 1 aliphatic carbocycles. The first-order valence-corrected chi connectivity index (χ1v) is 6.01. The molecule has 1 aromatic heterocycles. The number of benzene rings is 1. The number of aryl methyl sites for hydroxylation is 1. The molecule has 1 fully saturated rings. The van der Waals surface area contributed by atoms with Gasteiger partial charge in [-0.3, -0.25) is 9.48 Å². The van der Waals surface area contributed by atoms with Crippen molar-refractivity contribution in [2.75, 3.05) is 5.73 Å². The van der Waals surface area contributed by atoms with Gasteiger partial charge < -0.3 is 5.73 Å². The monoisotopic (exact) mass is 241 g/mol. The average molecular weight is 241 g/mol. The van der Waals surface area contributed by atoms with E-state index in [9.17, 15) is 4.79 Å². The summed E-state index contributed by atoms with van der Waals surface area (Å²) >= 11 is 0. The molecule has 18 heavy (non-hydrogen) atoms. The fourth-order valence-corrected chi connectivity index (χ4v) is 2.39. The Kier molecular flexibility index (Phi) is 2.26. The molecule has 2 aromatic rings. The van der Waals surface area contributed by atoms with Gasteiger partial charge in [0.25, 0.3) is 0 Å². The molecule has 0 aliphatic heterocycles. The zero-order valence-corrected chi connectivity index (χ0v) is 10.3. The minimum absolute atomic E-state index is 0.167. The van der Waals surface area contributed by atoms with Crippen molar-refractivity contribution < 1.29 is 4.79 Å². The third kappa shape index (κ3) is 1.61. The number of carbonyl (C=O) groups is 1. The Morgan fingerprint density at radius 3 is 2.50 bits per heavy atom. The quantitative estimate of drug-likeness (QED) is 0.659. The highest BCUT2D eigenvalue weighted by Crippen LogP contribution is 2.50. The van der Waals surface area contributed by atoms with E-state index in [2.05, 4.69) is 5.10 Å². The third-order valence-electron chi connectivity index (χ3n) is 3.61. The Morgan fingerprint density at radius 1 is 1.33 bits per heavy atom. The number of carbonyl (C=O) groups excluding carboxylic acids is 1. The van der Waals surface area contributed by atoms with Crippen molar-refractivity contribution in [3.05, 3.63) is 47.8 Å². The Bertz CT molecular complexity index is 594. The number of nitrogen functional groups attached to an aromatic ring is 1. The van der Waals surface area contributed by atoms with Crippen LogP contribution in [0.15, 0.2) is 36.7 Å². The van der Waals surface area contributed by atoms with Crippen molar-refractivity contribution in [3.63, 3.8) is 0 Å². The van der Waals surface area contributed by atoms with Gasteiger partial charge in [-0.05, 0) is 30.5 Å². The summed E-state index contributed by atoms with van der Waals surface area (Å²) in [6.07, 6.45) is 5.23. The number of ketones is 1. The average Bonchev–Trinajstić information content (AvgIpc) is 3.06. The standard InChI is InChI=1S/C14H15N3O/c1-17-9-10(8-16-17)13(18)14(6-7-14)11-2-4-12(15)5-3-11/h2-5,8-9H,6-7,15H2,1H3. The second-order valence-corrected chi connectivity index (χ2v) is 4.94. The lowest BCUT2D eigenvalue weighted by Crippen LogP contribution is -2.20. The number of anilines is 1. The van der Waals surface area contributed by atoms with Gasteiger partial charge in [0.1, 0.15) is 0 Å². The fourth-order valence-electron chi connectivity index (χ4n) is 2.39. The lowest BCUT2D eigenvalue weighted by atomic mass is 9.88. The molecule has 1 aromatic carbocycles. The normalized spacial score (nSPS) is 16.5.